The Morgan fingerprint density at radius 2 is 2.12 bits per heavy atom. The highest BCUT2D eigenvalue weighted by molar-refractivity contribution is 6.30. The molecule has 0 aliphatic carbocycles. The van der Waals surface area contributed by atoms with Crippen molar-refractivity contribution in [2.45, 2.75) is 37.8 Å². The number of carbonyl (C=O) groups is 1. The molecule has 4 nitrogen and oxygen atoms in total. The van der Waals surface area contributed by atoms with Gasteiger partial charge >= 0.3 is 6.03 Å². The van der Waals surface area contributed by atoms with Gasteiger partial charge in [0.05, 0.1) is 0 Å². The predicted octanol–water partition coefficient (Wildman–Crippen LogP) is 3.41. The molecule has 0 saturated carbocycles. The van der Waals surface area contributed by atoms with Crippen LogP contribution in [0.25, 0.3) is 0 Å². The van der Waals surface area contributed by atoms with Crippen LogP contribution in [-0.2, 0) is 6.42 Å². The number of fused-ring (bicyclic) bond motifs is 4. The van der Waals surface area contributed by atoms with Gasteiger partial charge in [-0.3, -0.25) is 4.90 Å². The second kappa shape index (κ2) is 6.23. The third-order valence-corrected chi connectivity index (χ3v) is 6.29. The number of carbonyl (C=O) groups excluding carboxylic acids is 1. The van der Waals surface area contributed by atoms with Crippen molar-refractivity contribution in [1.29, 1.82) is 0 Å². The van der Waals surface area contributed by atoms with Crippen LogP contribution < -0.4 is 0 Å². The van der Waals surface area contributed by atoms with Gasteiger partial charge in [0, 0.05) is 50.8 Å². The Hall–Kier alpha value is -1.26. The van der Waals surface area contributed by atoms with E-state index in [9.17, 15) is 4.79 Å². The third kappa shape index (κ3) is 2.70. The van der Waals surface area contributed by atoms with Crippen LogP contribution in [0.2, 0.25) is 5.02 Å². The molecule has 0 radical (unpaired) electrons. The van der Waals surface area contributed by atoms with E-state index in [1.807, 2.05) is 20.2 Å². The zero-order valence-corrected chi connectivity index (χ0v) is 15.3. The number of benzene rings is 1. The molecule has 24 heavy (non-hydrogen) atoms. The standard InChI is InChI=1S/C19H26ClN3O/c1-21(2)19(24)23-8-3-4-14-12-22-9-7-13-10-15(20)5-6-16(13)18(22)11-17(14)23/h5-6,10,14,17-18H,3-4,7-9,11-12H2,1-2H3. The maximum Gasteiger partial charge on any atom is 0.319 e. The summed E-state index contributed by atoms with van der Waals surface area (Å²) in [6, 6.07) is 7.32. The zero-order chi connectivity index (χ0) is 16.8. The Bertz CT molecular complexity index is 647. The van der Waals surface area contributed by atoms with Gasteiger partial charge < -0.3 is 9.80 Å². The minimum absolute atomic E-state index is 0.172. The van der Waals surface area contributed by atoms with Gasteiger partial charge in [-0.2, -0.15) is 0 Å². The highest BCUT2D eigenvalue weighted by Gasteiger charge is 2.44. The molecule has 130 valence electrons. The fourth-order valence-corrected chi connectivity index (χ4v) is 5.12. The van der Waals surface area contributed by atoms with Gasteiger partial charge in [0.1, 0.15) is 0 Å². The Kier molecular flexibility index (Phi) is 4.21. The summed E-state index contributed by atoms with van der Waals surface area (Å²) in [5.41, 5.74) is 2.82. The van der Waals surface area contributed by atoms with Crippen molar-refractivity contribution in [3.63, 3.8) is 0 Å². The van der Waals surface area contributed by atoms with Gasteiger partial charge in [-0.1, -0.05) is 17.7 Å². The monoisotopic (exact) mass is 347 g/mol. The average Bonchev–Trinajstić information content (AvgIpc) is 2.58. The molecule has 3 aliphatic heterocycles. The van der Waals surface area contributed by atoms with Crippen LogP contribution in [-0.4, -0.2) is 60.5 Å². The van der Waals surface area contributed by atoms with Crippen molar-refractivity contribution >= 4 is 17.6 Å². The number of amides is 2. The summed E-state index contributed by atoms with van der Waals surface area (Å²) in [6.45, 7) is 3.13. The van der Waals surface area contributed by atoms with Crippen LogP contribution in [0, 0.1) is 5.92 Å². The molecule has 3 unspecified atom stereocenters. The molecule has 1 aromatic carbocycles. The SMILES string of the molecule is CN(C)C(=O)N1CCCC2CN3CCc4cc(Cl)ccc4C3CC21. The fraction of sp³-hybridized carbons (Fsp3) is 0.632. The van der Waals surface area contributed by atoms with E-state index in [1.54, 1.807) is 4.90 Å². The summed E-state index contributed by atoms with van der Waals surface area (Å²) in [7, 11) is 3.72. The lowest BCUT2D eigenvalue weighted by Gasteiger charge is -2.52. The van der Waals surface area contributed by atoms with E-state index in [-0.39, 0.29) is 6.03 Å². The smallest absolute Gasteiger partial charge is 0.319 e. The summed E-state index contributed by atoms with van der Waals surface area (Å²) < 4.78 is 0. The van der Waals surface area contributed by atoms with Gasteiger partial charge in [0.25, 0.3) is 0 Å². The molecule has 1 aromatic rings. The van der Waals surface area contributed by atoms with Gasteiger partial charge in [0.15, 0.2) is 0 Å². The number of likely N-dealkylation sites (tertiary alicyclic amines) is 1. The van der Waals surface area contributed by atoms with Crippen molar-refractivity contribution in [3.05, 3.63) is 34.3 Å². The largest absolute Gasteiger partial charge is 0.331 e. The topological polar surface area (TPSA) is 26.8 Å². The van der Waals surface area contributed by atoms with E-state index in [0.29, 0.717) is 18.0 Å². The zero-order valence-electron chi connectivity index (χ0n) is 14.5. The van der Waals surface area contributed by atoms with E-state index in [2.05, 4.69) is 21.9 Å². The lowest BCUT2D eigenvalue weighted by Crippen LogP contribution is -2.59. The summed E-state index contributed by atoms with van der Waals surface area (Å²) in [4.78, 5) is 19.1. The van der Waals surface area contributed by atoms with E-state index in [4.69, 9.17) is 11.6 Å². The summed E-state index contributed by atoms with van der Waals surface area (Å²) in [5, 5.41) is 0.831. The molecule has 0 bridgehead atoms. The minimum Gasteiger partial charge on any atom is -0.331 e. The number of nitrogens with zero attached hydrogens (tertiary/aromatic N) is 3. The summed E-state index contributed by atoms with van der Waals surface area (Å²) in [5.74, 6) is 0.618. The van der Waals surface area contributed by atoms with Crippen LogP contribution in [0.1, 0.15) is 36.4 Å². The molecule has 3 heterocycles. The van der Waals surface area contributed by atoms with Crippen molar-refractivity contribution in [3.8, 4) is 0 Å². The van der Waals surface area contributed by atoms with Crippen molar-refractivity contribution in [2.75, 3.05) is 33.7 Å². The molecule has 0 aromatic heterocycles. The quantitative estimate of drug-likeness (QED) is 0.719. The van der Waals surface area contributed by atoms with Crippen molar-refractivity contribution in [1.82, 2.24) is 14.7 Å². The van der Waals surface area contributed by atoms with Crippen LogP contribution in [0.3, 0.4) is 0 Å². The molecule has 3 aliphatic rings. The van der Waals surface area contributed by atoms with E-state index < -0.39 is 0 Å². The van der Waals surface area contributed by atoms with Crippen LogP contribution in [0.4, 0.5) is 4.79 Å². The highest BCUT2D eigenvalue weighted by Crippen LogP contribution is 2.43. The first-order chi connectivity index (χ1) is 11.5. The average molecular weight is 348 g/mol. The lowest BCUT2D eigenvalue weighted by atomic mass is 9.77. The molecule has 2 fully saturated rings. The summed E-state index contributed by atoms with van der Waals surface area (Å²) >= 11 is 6.19. The second-order valence-electron chi connectivity index (χ2n) is 7.68. The normalized spacial score (nSPS) is 29.5. The number of rotatable bonds is 0. The van der Waals surface area contributed by atoms with E-state index >= 15 is 0 Å². The van der Waals surface area contributed by atoms with Crippen LogP contribution in [0.15, 0.2) is 18.2 Å². The molecule has 2 amide bonds. The first-order valence-electron chi connectivity index (χ1n) is 9.05. The molecular formula is C19H26ClN3O. The molecular weight excluding hydrogens is 322 g/mol. The highest BCUT2D eigenvalue weighted by atomic mass is 35.5. The maximum absolute atomic E-state index is 12.6. The third-order valence-electron chi connectivity index (χ3n) is 6.05. The molecule has 3 atom stereocenters. The minimum atomic E-state index is 0.172. The Labute approximate surface area is 149 Å². The van der Waals surface area contributed by atoms with Crippen LogP contribution >= 0.6 is 11.6 Å². The Morgan fingerprint density at radius 1 is 1.29 bits per heavy atom. The number of hydrogen-bond donors (Lipinski definition) is 0. The lowest BCUT2D eigenvalue weighted by molar-refractivity contribution is 0.00111. The van der Waals surface area contributed by atoms with Crippen molar-refractivity contribution < 1.29 is 4.79 Å². The van der Waals surface area contributed by atoms with Gasteiger partial charge in [-0.05, 0) is 54.9 Å². The van der Waals surface area contributed by atoms with E-state index in [1.165, 1.54) is 17.5 Å². The van der Waals surface area contributed by atoms with Gasteiger partial charge in [-0.15, -0.1) is 0 Å². The first-order valence-corrected chi connectivity index (χ1v) is 9.42. The Morgan fingerprint density at radius 3 is 2.92 bits per heavy atom. The molecule has 5 heteroatoms. The van der Waals surface area contributed by atoms with E-state index in [0.717, 1.165) is 43.9 Å². The Balaban J connectivity index is 1.63. The van der Waals surface area contributed by atoms with Gasteiger partial charge in [-0.25, -0.2) is 4.79 Å². The van der Waals surface area contributed by atoms with Crippen LogP contribution in [0.5, 0.6) is 0 Å². The summed E-state index contributed by atoms with van der Waals surface area (Å²) in [6.07, 6.45) is 4.52. The molecule has 0 N–H and O–H groups in total. The predicted molar refractivity (Wildman–Crippen MR) is 96.4 cm³/mol. The maximum atomic E-state index is 12.6. The first kappa shape index (κ1) is 16.2. The molecule has 0 spiro atoms. The van der Waals surface area contributed by atoms with Crippen molar-refractivity contribution in [2.24, 2.45) is 5.92 Å². The number of urea groups is 1. The number of piperidine rings is 2. The molecule has 4 rings (SSSR count). The molecule has 2 saturated heterocycles. The number of halogens is 1. The fourth-order valence-electron chi connectivity index (χ4n) is 4.92. The number of hydrogen-bond acceptors (Lipinski definition) is 2. The van der Waals surface area contributed by atoms with Gasteiger partial charge in [0.2, 0.25) is 0 Å². The second-order valence-corrected chi connectivity index (χ2v) is 8.12.